The van der Waals surface area contributed by atoms with Crippen molar-refractivity contribution in [3.05, 3.63) is 30.2 Å². The van der Waals surface area contributed by atoms with Gasteiger partial charge in [-0.1, -0.05) is 12.1 Å². The number of fused-ring (bicyclic) bond motifs is 1. The first-order chi connectivity index (χ1) is 6.95. The van der Waals surface area contributed by atoms with E-state index in [1.165, 1.54) is 0 Å². The number of benzene rings is 1. The monoisotopic (exact) mass is 188 g/mol. The van der Waals surface area contributed by atoms with E-state index in [0.717, 1.165) is 29.8 Å². The molecular formula is C10H10N3O. The Balaban J connectivity index is 2.14. The number of nitrogens with zero attached hydrogens (tertiary/aromatic N) is 1. The fourth-order valence-corrected chi connectivity index (χ4v) is 1.82. The van der Waals surface area contributed by atoms with Crippen molar-refractivity contribution in [3.63, 3.8) is 0 Å². The van der Waals surface area contributed by atoms with Crippen LogP contribution in [0.15, 0.2) is 22.6 Å². The highest BCUT2D eigenvalue weighted by molar-refractivity contribution is 5.76. The average molecular weight is 188 g/mol. The van der Waals surface area contributed by atoms with Gasteiger partial charge in [0.05, 0.1) is 6.17 Å². The van der Waals surface area contributed by atoms with Crippen molar-refractivity contribution in [1.29, 1.82) is 0 Å². The highest BCUT2D eigenvalue weighted by Crippen LogP contribution is 2.22. The fraction of sp³-hybridized carbons (Fsp3) is 0.300. The highest BCUT2D eigenvalue weighted by Gasteiger charge is 2.18. The number of hydrogen-bond acceptors (Lipinski definition) is 4. The largest absolute Gasteiger partial charge is 0.432 e. The minimum Gasteiger partial charge on any atom is -0.432 e. The van der Waals surface area contributed by atoms with E-state index in [4.69, 9.17) is 4.42 Å². The van der Waals surface area contributed by atoms with Crippen LogP contribution in [0.3, 0.4) is 0 Å². The van der Waals surface area contributed by atoms with Gasteiger partial charge in [0.1, 0.15) is 5.52 Å². The number of hydrogen-bond donors (Lipinski definition) is 2. The molecule has 0 aliphatic carbocycles. The second kappa shape index (κ2) is 3.08. The summed E-state index contributed by atoms with van der Waals surface area (Å²) in [6, 6.07) is 5.92. The van der Waals surface area contributed by atoms with Crippen LogP contribution in [-0.2, 0) is 0 Å². The molecule has 71 valence electrons. The van der Waals surface area contributed by atoms with Crippen LogP contribution in [0, 0.1) is 6.39 Å². The molecule has 0 bridgehead atoms. The Morgan fingerprint density at radius 2 is 2.21 bits per heavy atom. The first-order valence-corrected chi connectivity index (χ1v) is 4.67. The normalized spacial score (nSPS) is 18.0. The molecule has 4 heteroatoms. The van der Waals surface area contributed by atoms with E-state index in [2.05, 4.69) is 28.1 Å². The molecule has 0 amide bonds. The zero-order chi connectivity index (χ0) is 9.38. The summed E-state index contributed by atoms with van der Waals surface area (Å²) in [5.41, 5.74) is 2.81. The summed E-state index contributed by atoms with van der Waals surface area (Å²) in [4.78, 5) is 4.09. The topological polar surface area (TPSA) is 50.1 Å². The lowest BCUT2D eigenvalue weighted by Crippen LogP contribution is -2.21. The molecule has 0 saturated carbocycles. The third-order valence-electron chi connectivity index (χ3n) is 2.48. The molecule has 0 atom stereocenters. The predicted molar refractivity (Wildman–Crippen MR) is 51.6 cm³/mol. The van der Waals surface area contributed by atoms with E-state index in [-0.39, 0.29) is 6.17 Å². The summed E-state index contributed by atoms with van der Waals surface area (Å²) in [6.07, 6.45) is 2.71. The summed E-state index contributed by atoms with van der Waals surface area (Å²) in [5.74, 6) is 0. The summed E-state index contributed by atoms with van der Waals surface area (Å²) in [7, 11) is 0. The first-order valence-electron chi connectivity index (χ1n) is 4.67. The maximum Gasteiger partial charge on any atom is 0.284 e. The molecule has 1 radical (unpaired) electrons. The third-order valence-corrected chi connectivity index (χ3v) is 2.48. The van der Waals surface area contributed by atoms with E-state index in [1.54, 1.807) is 0 Å². The van der Waals surface area contributed by atoms with Gasteiger partial charge in [0.25, 0.3) is 6.39 Å². The predicted octanol–water partition coefficient (Wildman–Crippen LogP) is 0.819. The molecule has 0 unspecified atom stereocenters. The van der Waals surface area contributed by atoms with Gasteiger partial charge in [0.15, 0.2) is 5.58 Å². The van der Waals surface area contributed by atoms with Crippen LogP contribution in [0.4, 0.5) is 0 Å². The number of para-hydroxylation sites is 1. The van der Waals surface area contributed by atoms with Gasteiger partial charge in [-0.15, -0.1) is 0 Å². The molecule has 2 aromatic rings. The van der Waals surface area contributed by atoms with Crippen molar-refractivity contribution in [3.8, 4) is 0 Å². The Morgan fingerprint density at radius 3 is 3.07 bits per heavy atom. The second-order valence-electron chi connectivity index (χ2n) is 3.34. The van der Waals surface area contributed by atoms with Crippen LogP contribution in [-0.4, -0.2) is 18.1 Å². The van der Waals surface area contributed by atoms with Gasteiger partial charge < -0.3 is 4.42 Å². The number of aromatic nitrogens is 1. The molecule has 14 heavy (non-hydrogen) atoms. The lowest BCUT2D eigenvalue weighted by atomic mass is 10.1. The van der Waals surface area contributed by atoms with Crippen molar-refractivity contribution in [2.24, 2.45) is 0 Å². The zero-order valence-electron chi connectivity index (χ0n) is 7.58. The van der Waals surface area contributed by atoms with Crippen molar-refractivity contribution in [2.75, 3.05) is 13.1 Å². The van der Waals surface area contributed by atoms with Crippen molar-refractivity contribution in [1.82, 2.24) is 15.6 Å². The Bertz CT molecular complexity index is 445. The average Bonchev–Trinajstić information content (AvgIpc) is 2.88. The molecule has 1 fully saturated rings. The van der Waals surface area contributed by atoms with E-state index >= 15 is 0 Å². The minimum atomic E-state index is 0.192. The third kappa shape index (κ3) is 1.12. The van der Waals surface area contributed by atoms with E-state index < -0.39 is 0 Å². The summed E-state index contributed by atoms with van der Waals surface area (Å²) < 4.78 is 5.13. The van der Waals surface area contributed by atoms with Gasteiger partial charge in [0, 0.05) is 18.7 Å². The molecule has 2 N–H and O–H groups in total. The molecule has 4 nitrogen and oxygen atoms in total. The Hall–Kier alpha value is -1.39. The highest BCUT2D eigenvalue weighted by atomic mass is 16.3. The van der Waals surface area contributed by atoms with E-state index in [1.807, 2.05) is 12.1 Å². The fourth-order valence-electron chi connectivity index (χ4n) is 1.82. The maximum atomic E-state index is 5.13. The number of rotatable bonds is 1. The number of nitrogens with one attached hydrogen (secondary N) is 2. The van der Waals surface area contributed by atoms with Crippen LogP contribution in [0.25, 0.3) is 11.1 Å². The minimum absolute atomic E-state index is 0.192. The van der Waals surface area contributed by atoms with Gasteiger partial charge >= 0.3 is 0 Å². The van der Waals surface area contributed by atoms with Crippen LogP contribution in [0.5, 0.6) is 0 Å². The van der Waals surface area contributed by atoms with E-state index in [9.17, 15) is 0 Å². The molecule has 1 aliphatic heterocycles. The molecule has 1 aromatic heterocycles. The van der Waals surface area contributed by atoms with Crippen molar-refractivity contribution < 1.29 is 4.42 Å². The smallest absolute Gasteiger partial charge is 0.284 e. The van der Waals surface area contributed by atoms with Crippen LogP contribution in [0.2, 0.25) is 0 Å². The SMILES string of the molecule is [c]1nc2c(C3NCCN3)cccc2o1. The molecule has 2 heterocycles. The molecule has 1 aliphatic rings. The molecule has 1 saturated heterocycles. The van der Waals surface area contributed by atoms with Crippen LogP contribution < -0.4 is 10.6 Å². The molecule has 3 rings (SSSR count). The quantitative estimate of drug-likeness (QED) is 0.695. The van der Waals surface area contributed by atoms with Gasteiger partial charge in [0.2, 0.25) is 0 Å². The summed E-state index contributed by atoms with van der Waals surface area (Å²) in [6.45, 7) is 1.98. The summed E-state index contributed by atoms with van der Waals surface area (Å²) in [5, 5.41) is 6.70. The molecular weight excluding hydrogens is 178 g/mol. The zero-order valence-corrected chi connectivity index (χ0v) is 7.58. The van der Waals surface area contributed by atoms with Gasteiger partial charge in [-0.05, 0) is 6.07 Å². The maximum absolute atomic E-state index is 5.13. The summed E-state index contributed by atoms with van der Waals surface area (Å²) >= 11 is 0. The number of oxazole rings is 1. The van der Waals surface area contributed by atoms with Crippen molar-refractivity contribution >= 4 is 11.1 Å². The Kier molecular flexibility index (Phi) is 1.75. The van der Waals surface area contributed by atoms with E-state index in [0.29, 0.717) is 0 Å². The van der Waals surface area contributed by atoms with Gasteiger partial charge in [-0.25, -0.2) is 4.98 Å². The van der Waals surface area contributed by atoms with Gasteiger partial charge in [-0.3, -0.25) is 10.6 Å². The molecule has 1 aromatic carbocycles. The second-order valence-corrected chi connectivity index (χ2v) is 3.34. The first kappa shape index (κ1) is 7.96. The van der Waals surface area contributed by atoms with Gasteiger partial charge in [-0.2, -0.15) is 0 Å². The Morgan fingerprint density at radius 1 is 1.36 bits per heavy atom. The van der Waals surface area contributed by atoms with Crippen LogP contribution >= 0.6 is 0 Å². The van der Waals surface area contributed by atoms with Crippen LogP contribution in [0.1, 0.15) is 11.7 Å². The standard InChI is InChI=1S/C10H10N3O/c1-2-7(10-11-4-5-12-10)9-8(3-1)14-6-13-9/h1-3,10-12H,4-5H2. The lowest BCUT2D eigenvalue weighted by Gasteiger charge is -2.10. The molecule has 0 spiro atoms. The van der Waals surface area contributed by atoms with Crippen molar-refractivity contribution in [2.45, 2.75) is 6.17 Å². The lowest BCUT2D eigenvalue weighted by molar-refractivity contribution is 0.587. The Labute approximate surface area is 81.3 Å².